The Kier molecular flexibility index (Phi) is 8.80. The maximum Gasteiger partial charge on any atom is 0.418 e. The minimum Gasteiger partial charge on any atom is -0.480 e. The van der Waals surface area contributed by atoms with Crippen molar-refractivity contribution in [2.45, 2.75) is 51.5 Å². The first-order valence-corrected chi connectivity index (χ1v) is 12.8. The van der Waals surface area contributed by atoms with E-state index in [-0.39, 0.29) is 6.42 Å². The van der Waals surface area contributed by atoms with Gasteiger partial charge in [0.1, 0.15) is 17.6 Å². The first-order chi connectivity index (χ1) is 17.9. The summed E-state index contributed by atoms with van der Waals surface area (Å²) in [6.07, 6.45) is 5.89. The largest absolute Gasteiger partial charge is 0.480 e. The van der Waals surface area contributed by atoms with Gasteiger partial charge in [0.25, 0.3) is 0 Å². The van der Waals surface area contributed by atoms with Gasteiger partial charge in [-0.3, -0.25) is 5.32 Å². The molecule has 4 rings (SSSR count). The Hall–Kier alpha value is -3.84. The zero-order valence-corrected chi connectivity index (χ0v) is 21.4. The van der Waals surface area contributed by atoms with Crippen LogP contribution in [-0.4, -0.2) is 28.2 Å². The van der Waals surface area contributed by atoms with Gasteiger partial charge in [0.15, 0.2) is 0 Å². The number of aromatic nitrogens is 1. The zero-order chi connectivity index (χ0) is 26.2. The number of hydrogen-bond acceptors (Lipinski definition) is 5. The number of hydrogen-bond donors (Lipinski definition) is 3. The molecule has 1 heterocycles. The molecule has 0 radical (unpaired) electrons. The summed E-state index contributed by atoms with van der Waals surface area (Å²) in [5.41, 5.74) is 4.54. The van der Waals surface area contributed by atoms with Crippen LogP contribution in [0, 0.1) is 0 Å². The molecule has 2 aromatic carbocycles. The van der Waals surface area contributed by atoms with Crippen LogP contribution in [0.5, 0.6) is 5.75 Å². The van der Waals surface area contributed by atoms with E-state index in [1.165, 1.54) is 5.57 Å². The molecular formula is C29H30ClN3O4. The minimum absolute atomic E-state index is 0.247. The number of aryl methyl sites for hydroxylation is 1. The first-order valence-electron chi connectivity index (χ1n) is 12.4. The number of aliphatic carboxylic acids is 1. The van der Waals surface area contributed by atoms with Crippen LogP contribution < -0.4 is 15.4 Å². The van der Waals surface area contributed by atoms with Crippen LogP contribution in [0.4, 0.5) is 10.6 Å². The molecule has 3 aromatic rings. The van der Waals surface area contributed by atoms with Crippen molar-refractivity contribution in [2.24, 2.45) is 0 Å². The molecular weight excluding hydrogens is 490 g/mol. The lowest BCUT2D eigenvalue weighted by molar-refractivity contribution is -0.139. The van der Waals surface area contributed by atoms with Gasteiger partial charge >= 0.3 is 12.1 Å². The molecule has 8 heteroatoms. The molecule has 7 nitrogen and oxygen atoms in total. The first kappa shape index (κ1) is 26.2. The van der Waals surface area contributed by atoms with Crippen molar-refractivity contribution in [3.63, 3.8) is 0 Å². The highest BCUT2D eigenvalue weighted by Gasteiger charge is 2.24. The number of carboxylic acids is 1. The summed E-state index contributed by atoms with van der Waals surface area (Å²) in [5, 5.41) is 16.5. The molecule has 0 spiro atoms. The Morgan fingerprint density at radius 2 is 1.84 bits per heavy atom. The number of benzene rings is 2. The van der Waals surface area contributed by atoms with Crippen molar-refractivity contribution in [1.82, 2.24) is 10.3 Å². The van der Waals surface area contributed by atoms with E-state index in [1.54, 1.807) is 36.5 Å². The highest BCUT2D eigenvalue weighted by molar-refractivity contribution is 6.32. The third-order valence-corrected chi connectivity index (χ3v) is 6.60. The molecule has 1 fully saturated rings. The Labute approximate surface area is 221 Å². The van der Waals surface area contributed by atoms with Gasteiger partial charge in [-0.05, 0) is 66.6 Å². The van der Waals surface area contributed by atoms with Crippen LogP contribution >= 0.6 is 11.6 Å². The molecule has 1 aliphatic carbocycles. The van der Waals surface area contributed by atoms with E-state index in [2.05, 4.69) is 22.5 Å². The molecule has 1 aliphatic rings. The van der Waals surface area contributed by atoms with Gasteiger partial charge in [-0.25, -0.2) is 14.6 Å². The molecule has 37 heavy (non-hydrogen) atoms. The number of carboxylic acid groups (broad SMARTS) is 1. The number of allylic oxidation sites excluding steroid dienone is 1. The van der Waals surface area contributed by atoms with Gasteiger partial charge in [-0.15, -0.1) is 0 Å². The summed E-state index contributed by atoms with van der Waals surface area (Å²) in [6.45, 7) is 2.06. The highest BCUT2D eigenvalue weighted by atomic mass is 35.5. The van der Waals surface area contributed by atoms with E-state index in [9.17, 15) is 14.7 Å². The Morgan fingerprint density at radius 3 is 2.49 bits per heavy atom. The van der Waals surface area contributed by atoms with E-state index in [0.717, 1.165) is 54.5 Å². The number of halogens is 1. The number of nitrogens with zero attached hydrogens (tertiary/aromatic N) is 1. The number of anilines is 1. The number of carbonyl (C=O) groups excluding carboxylic acids is 1. The SMILES string of the molecule is CCCc1cccnc1NC(=O)Oc1ccc(CC(NC(=C2CCC2)c2ccccc2Cl)C(=O)O)cc1. The molecule has 0 saturated heterocycles. The van der Waals surface area contributed by atoms with Crippen LogP contribution in [0.15, 0.2) is 72.4 Å². The number of carbonyl (C=O) groups is 2. The normalized spacial score (nSPS) is 13.3. The molecule has 1 saturated carbocycles. The average molecular weight is 520 g/mol. The topological polar surface area (TPSA) is 101 Å². The van der Waals surface area contributed by atoms with Gasteiger partial charge in [-0.1, -0.05) is 61.3 Å². The van der Waals surface area contributed by atoms with Crippen LogP contribution in [0.3, 0.4) is 0 Å². The molecule has 1 amide bonds. The Balaban J connectivity index is 1.42. The smallest absolute Gasteiger partial charge is 0.418 e. The molecule has 1 aromatic heterocycles. The molecule has 3 N–H and O–H groups in total. The second-order valence-electron chi connectivity index (χ2n) is 8.97. The predicted octanol–water partition coefficient (Wildman–Crippen LogP) is 6.48. The molecule has 1 unspecified atom stereocenters. The van der Waals surface area contributed by atoms with Gasteiger partial charge in [0.05, 0.1) is 0 Å². The fraction of sp³-hybridized carbons (Fsp3) is 0.276. The third-order valence-electron chi connectivity index (χ3n) is 6.28. The van der Waals surface area contributed by atoms with Crippen LogP contribution in [-0.2, 0) is 17.6 Å². The van der Waals surface area contributed by atoms with E-state index >= 15 is 0 Å². The number of amides is 1. The van der Waals surface area contributed by atoms with Crippen molar-refractivity contribution in [3.8, 4) is 5.75 Å². The number of rotatable bonds is 10. The summed E-state index contributed by atoms with van der Waals surface area (Å²) >= 11 is 6.43. The standard InChI is InChI=1S/C29H30ClN3O4/c1-2-7-21-10-6-17-31-27(21)33-29(36)37-22-15-13-19(14-16-22)18-25(28(34)35)32-26(20-8-5-9-20)23-11-3-4-12-24(23)30/h3-4,6,10-17,25,32H,2,5,7-9,18H2,1H3,(H,34,35)(H,31,33,36). The van der Waals surface area contributed by atoms with Crippen LogP contribution in [0.25, 0.3) is 5.70 Å². The second kappa shape index (κ2) is 12.4. The van der Waals surface area contributed by atoms with E-state index < -0.39 is 18.1 Å². The van der Waals surface area contributed by atoms with E-state index in [1.807, 2.05) is 30.3 Å². The maximum atomic E-state index is 12.4. The quantitative estimate of drug-likeness (QED) is 0.283. The van der Waals surface area contributed by atoms with Crippen molar-refractivity contribution in [2.75, 3.05) is 5.32 Å². The van der Waals surface area contributed by atoms with Gasteiger partial charge in [0, 0.05) is 28.9 Å². The summed E-state index contributed by atoms with van der Waals surface area (Å²) in [5.74, 6) is -0.124. The lowest BCUT2D eigenvalue weighted by Gasteiger charge is -2.27. The van der Waals surface area contributed by atoms with Crippen molar-refractivity contribution < 1.29 is 19.4 Å². The lowest BCUT2D eigenvalue weighted by Crippen LogP contribution is -2.38. The van der Waals surface area contributed by atoms with Crippen LogP contribution in [0.1, 0.15) is 49.3 Å². The van der Waals surface area contributed by atoms with Crippen molar-refractivity contribution in [3.05, 3.63) is 94.1 Å². The van der Waals surface area contributed by atoms with Gasteiger partial charge in [0.2, 0.25) is 0 Å². The highest BCUT2D eigenvalue weighted by Crippen LogP contribution is 2.35. The lowest BCUT2D eigenvalue weighted by atomic mass is 9.88. The van der Waals surface area contributed by atoms with E-state index in [0.29, 0.717) is 16.6 Å². The van der Waals surface area contributed by atoms with Gasteiger partial charge in [-0.2, -0.15) is 0 Å². The Bertz CT molecular complexity index is 1280. The predicted molar refractivity (Wildman–Crippen MR) is 145 cm³/mol. The molecule has 0 bridgehead atoms. The molecule has 0 aliphatic heterocycles. The zero-order valence-electron chi connectivity index (χ0n) is 20.7. The van der Waals surface area contributed by atoms with Crippen LogP contribution in [0.2, 0.25) is 5.02 Å². The van der Waals surface area contributed by atoms with Gasteiger partial charge < -0.3 is 15.2 Å². The summed E-state index contributed by atoms with van der Waals surface area (Å²) in [4.78, 5) is 28.8. The van der Waals surface area contributed by atoms with E-state index in [4.69, 9.17) is 16.3 Å². The minimum atomic E-state index is -0.956. The monoisotopic (exact) mass is 519 g/mol. The number of nitrogens with one attached hydrogen (secondary N) is 2. The van der Waals surface area contributed by atoms with Crippen molar-refractivity contribution >= 4 is 35.2 Å². The Morgan fingerprint density at radius 1 is 1.08 bits per heavy atom. The maximum absolute atomic E-state index is 12.4. The summed E-state index contributed by atoms with van der Waals surface area (Å²) in [7, 11) is 0. The third kappa shape index (κ3) is 6.89. The summed E-state index contributed by atoms with van der Waals surface area (Å²) < 4.78 is 5.40. The van der Waals surface area contributed by atoms with Crippen molar-refractivity contribution in [1.29, 1.82) is 0 Å². The molecule has 1 atom stereocenters. The second-order valence-corrected chi connectivity index (χ2v) is 9.38. The summed E-state index contributed by atoms with van der Waals surface area (Å²) in [6, 6.07) is 17.2. The molecule has 192 valence electrons. The number of pyridine rings is 1. The number of ether oxygens (including phenoxy) is 1. The fourth-order valence-electron chi connectivity index (χ4n) is 4.19. The average Bonchev–Trinajstić information content (AvgIpc) is 2.85. The fourth-order valence-corrected chi connectivity index (χ4v) is 4.42.